The standard InChI is InChI=1S/C15H20N4O2S/c1-9(2)13(16-10(3)20)14(21)17-18-15-19(4)11-7-5-6-8-12(11)22-15/h5-9,13H,1-4H3,(H,16,20)(H,17,21)/b18-15+. The van der Waals surface area contributed by atoms with Crippen molar-refractivity contribution in [2.24, 2.45) is 18.1 Å². The number of aromatic nitrogens is 1. The van der Waals surface area contributed by atoms with Crippen LogP contribution in [0.5, 0.6) is 0 Å². The lowest BCUT2D eigenvalue weighted by Crippen LogP contribution is -2.48. The summed E-state index contributed by atoms with van der Waals surface area (Å²) in [7, 11) is 1.90. The third-order valence-corrected chi connectivity index (χ3v) is 4.40. The maximum absolute atomic E-state index is 12.2. The van der Waals surface area contributed by atoms with E-state index in [1.54, 1.807) is 0 Å². The second-order valence-corrected chi connectivity index (χ2v) is 6.43. The Morgan fingerprint density at radius 3 is 2.55 bits per heavy atom. The molecule has 0 bridgehead atoms. The van der Waals surface area contributed by atoms with Crippen LogP contribution in [0.15, 0.2) is 29.4 Å². The first-order valence-electron chi connectivity index (χ1n) is 7.05. The molecule has 0 fully saturated rings. The van der Waals surface area contributed by atoms with Crippen LogP contribution in [0.4, 0.5) is 0 Å². The molecule has 6 nitrogen and oxygen atoms in total. The molecule has 2 amide bonds. The average molecular weight is 320 g/mol. The molecule has 0 spiro atoms. The van der Waals surface area contributed by atoms with E-state index >= 15 is 0 Å². The summed E-state index contributed by atoms with van der Waals surface area (Å²) in [6, 6.07) is 7.34. The monoisotopic (exact) mass is 320 g/mol. The Hall–Kier alpha value is -2.15. The van der Waals surface area contributed by atoms with Crippen molar-refractivity contribution in [3.8, 4) is 0 Å². The molecule has 22 heavy (non-hydrogen) atoms. The highest BCUT2D eigenvalue weighted by Gasteiger charge is 2.22. The van der Waals surface area contributed by atoms with Gasteiger partial charge in [0, 0.05) is 14.0 Å². The van der Waals surface area contributed by atoms with Gasteiger partial charge in [-0.1, -0.05) is 37.3 Å². The molecule has 0 radical (unpaired) electrons. The van der Waals surface area contributed by atoms with Crippen molar-refractivity contribution >= 4 is 33.4 Å². The van der Waals surface area contributed by atoms with Gasteiger partial charge < -0.3 is 9.88 Å². The van der Waals surface area contributed by atoms with Crippen molar-refractivity contribution in [1.82, 2.24) is 15.3 Å². The number of carbonyl (C=O) groups excluding carboxylic acids is 2. The SMILES string of the molecule is CC(=O)NC(C(=O)N/N=c1/sc2ccccc2n1C)C(C)C. The Kier molecular flexibility index (Phi) is 4.97. The van der Waals surface area contributed by atoms with Crippen LogP contribution in [0, 0.1) is 5.92 Å². The van der Waals surface area contributed by atoms with Crippen LogP contribution >= 0.6 is 11.3 Å². The summed E-state index contributed by atoms with van der Waals surface area (Å²) in [5.41, 5.74) is 3.61. The summed E-state index contributed by atoms with van der Waals surface area (Å²) < 4.78 is 3.02. The van der Waals surface area contributed by atoms with Gasteiger partial charge in [0.1, 0.15) is 6.04 Å². The topological polar surface area (TPSA) is 75.5 Å². The molecule has 2 rings (SSSR count). The van der Waals surface area contributed by atoms with E-state index in [4.69, 9.17) is 0 Å². The van der Waals surface area contributed by atoms with Gasteiger partial charge in [-0.05, 0) is 18.1 Å². The number of para-hydroxylation sites is 1. The molecule has 7 heteroatoms. The van der Waals surface area contributed by atoms with Gasteiger partial charge in [0.25, 0.3) is 5.91 Å². The van der Waals surface area contributed by atoms with Crippen LogP contribution in [-0.4, -0.2) is 22.4 Å². The summed E-state index contributed by atoms with van der Waals surface area (Å²) in [5.74, 6) is -0.570. The van der Waals surface area contributed by atoms with Crippen molar-refractivity contribution in [2.75, 3.05) is 0 Å². The number of aryl methyl sites for hydroxylation is 1. The molecular formula is C15H20N4O2S. The minimum Gasteiger partial charge on any atom is -0.344 e. The minimum atomic E-state index is -0.596. The molecule has 118 valence electrons. The zero-order valence-corrected chi connectivity index (χ0v) is 13.9. The van der Waals surface area contributed by atoms with Gasteiger partial charge in [0.15, 0.2) is 0 Å². The number of rotatable bonds is 4. The number of hydrogen-bond acceptors (Lipinski definition) is 4. The first-order valence-corrected chi connectivity index (χ1v) is 7.87. The van der Waals surface area contributed by atoms with Crippen molar-refractivity contribution in [1.29, 1.82) is 0 Å². The molecule has 2 N–H and O–H groups in total. The van der Waals surface area contributed by atoms with E-state index in [-0.39, 0.29) is 17.7 Å². The van der Waals surface area contributed by atoms with Gasteiger partial charge in [-0.3, -0.25) is 9.59 Å². The molecule has 1 aromatic heterocycles. The summed E-state index contributed by atoms with van der Waals surface area (Å²) >= 11 is 1.49. The van der Waals surface area contributed by atoms with E-state index in [9.17, 15) is 9.59 Å². The second-order valence-electron chi connectivity index (χ2n) is 5.42. The molecule has 0 saturated heterocycles. The van der Waals surface area contributed by atoms with Crippen LogP contribution in [0.2, 0.25) is 0 Å². The molecule has 1 atom stereocenters. The number of nitrogens with one attached hydrogen (secondary N) is 2. The van der Waals surface area contributed by atoms with E-state index in [2.05, 4.69) is 15.8 Å². The normalized spacial score (nSPS) is 13.4. The summed E-state index contributed by atoms with van der Waals surface area (Å²) in [6.45, 7) is 5.14. The van der Waals surface area contributed by atoms with Gasteiger partial charge in [0.2, 0.25) is 10.7 Å². The van der Waals surface area contributed by atoms with Crippen LogP contribution in [0.3, 0.4) is 0 Å². The van der Waals surface area contributed by atoms with Crippen molar-refractivity contribution in [3.63, 3.8) is 0 Å². The lowest BCUT2D eigenvalue weighted by molar-refractivity contribution is -0.129. The third-order valence-electron chi connectivity index (χ3n) is 3.28. The van der Waals surface area contributed by atoms with Crippen LogP contribution in [-0.2, 0) is 16.6 Å². The van der Waals surface area contributed by atoms with Gasteiger partial charge in [-0.2, -0.15) is 0 Å². The second kappa shape index (κ2) is 6.74. The van der Waals surface area contributed by atoms with E-state index in [1.807, 2.05) is 49.7 Å². The summed E-state index contributed by atoms with van der Waals surface area (Å²) in [5, 5.41) is 6.83. The highest BCUT2D eigenvalue weighted by molar-refractivity contribution is 7.16. The number of benzene rings is 1. The van der Waals surface area contributed by atoms with Crippen LogP contribution in [0.25, 0.3) is 10.2 Å². The van der Waals surface area contributed by atoms with Crippen molar-refractivity contribution in [2.45, 2.75) is 26.8 Å². The van der Waals surface area contributed by atoms with Crippen molar-refractivity contribution < 1.29 is 9.59 Å². The Morgan fingerprint density at radius 2 is 1.95 bits per heavy atom. The fraction of sp³-hybridized carbons (Fsp3) is 0.400. The lowest BCUT2D eigenvalue weighted by atomic mass is 10.0. The third kappa shape index (κ3) is 3.54. The first-order chi connectivity index (χ1) is 10.4. The molecule has 2 aromatic rings. The minimum absolute atomic E-state index is 0.0183. The maximum atomic E-state index is 12.2. The number of nitrogens with zero attached hydrogens (tertiary/aromatic N) is 2. The van der Waals surface area contributed by atoms with Crippen LogP contribution < -0.4 is 15.5 Å². The average Bonchev–Trinajstić information content (AvgIpc) is 2.79. The molecule has 0 saturated carbocycles. The summed E-state index contributed by atoms with van der Waals surface area (Å²) in [6.07, 6.45) is 0. The Bertz CT molecular complexity index is 760. The quantitative estimate of drug-likeness (QED) is 0.834. The van der Waals surface area contributed by atoms with Gasteiger partial charge >= 0.3 is 0 Å². The molecule has 1 aromatic carbocycles. The predicted molar refractivity (Wildman–Crippen MR) is 86.9 cm³/mol. The Balaban J connectivity index is 2.23. The van der Waals surface area contributed by atoms with E-state index in [0.29, 0.717) is 4.80 Å². The fourth-order valence-corrected chi connectivity index (χ4v) is 3.09. The predicted octanol–water partition coefficient (Wildman–Crippen LogP) is 1.33. The molecule has 0 aliphatic rings. The lowest BCUT2D eigenvalue weighted by Gasteiger charge is -2.19. The van der Waals surface area contributed by atoms with Gasteiger partial charge in [0.05, 0.1) is 10.2 Å². The Labute approximate surface area is 132 Å². The van der Waals surface area contributed by atoms with Gasteiger partial charge in [-0.25, -0.2) is 5.43 Å². The van der Waals surface area contributed by atoms with Crippen LogP contribution in [0.1, 0.15) is 20.8 Å². The largest absolute Gasteiger partial charge is 0.344 e. The summed E-state index contributed by atoms with van der Waals surface area (Å²) in [4.78, 5) is 24.1. The smallest absolute Gasteiger partial charge is 0.262 e. The molecule has 0 aliphatic heterocycles. The molecule has 1 unspecified atom stereocenters. The Morgan fingerprint density at radius 1 is 1.27 bits per heavy atom. The highest BCUT2D eigenvalue weighted by atomic mass is 32.1. The van der Waals surface area contributed by atoms with E-state index in [0.717, 1.165) is 10.2 Å². The number of hydrogen-bond donors (Lipinski definition) is 2. The van der Waals surface area contributed by atoms with E-state index in [1.165, 1.54) is 18.3 Å². The maximum Gasteiger partial charge on any atom is 0.262 e. The van der Waals surface area contributed by atoms with Gasteiger partial charge in [-0.15, -0.1) is 5.10 Å². The molecule has 1 heterocycles. The fourth-order valence-electron chi connectivity index (χ4n) is 2.11. The van der Waals surface area contributed by atoms with E-state index < -0.39 is 6.04 Å². The van der Waals surface area contributed by atoms with Crippen molar-refractivity contribution in [3.05, 3.63) is 29.1 Å². The number of amides is 2. The highest BCUT2D eigenvalue weighted by Crippen LogP contribution is 2.14. The molecule has 0 aliphatic carbocycles. The number of fused-ring (bicyclic) bond motifs is 1. The zero-order valence-electron chi connectivity index (χ0n) is 13.1. The number of carbonyl (C=O) groups is 2. The number of thiazole rings is 1. The zero-order chi connectivity index (χ0) is 16.3. The first kappa shape index (κ1) is 16.2. The molecular weight excluding hydrogens is 300 g/mol.